The maximum atomic E-state index is 13.4. The molecule has 0 saturated carbocycles. The number of aryl methyl sites for hydroxylation is 1. The van der Waals surface area contributed by atoms with Gasteiger partial charge in [0.1, 0.15) is 5.52 Å². The SMILES string of the molecule is Cn1c(-c2ccccc2)c(C(=O)CSc2nc3ccccc3o2)c2ccccc21. The van der Waals surface area contributed by atoms with Crippen LogP contribution in [0.4, 0.5) is 0 Å². The van der Waals surface area contributed by atoms with Crippen molar-refractivity contribution < 1.29 is 9.21 Å². The van der Waals surface area contributed by atoms with Gasteiger partial charge in [-0.15, -0.1) is 0 Å². The van der Waals surface area contributed by atoms with Gasteiger partial charge < -0.3 is 8.98 Å². The van der Waals surface area contributed by atoms with E-state index in [-0.39, 0.29) is 11.5 Å². The normalized spacial score (nSPS) is 11.3. The van der Waals surface area contributed by atoms with E-state index in [1.807, 2.05) is 85.9 Å². The number of fused-ring (bicyclic) bond motifs is 2. The van der Waals surface area contributed by atoms with Crippen molar-refractivity contribution in [3.63, 3.8) is 0 Å². The Hall–Kier alpha value is -3.31. The lowest BCUT2D eigenvalue weighted by Crippen LogP contribution is -2.05. The summed E-state index contributed by atoms with van der Waals surface area (Å²) in [5.41, 5.74) is 5.30. The van der Waals surface area contributed by atoms with Crippen LogP contribution < -0.4 is 0 Å². The third-order valence-corrected chi connectivity index (χ3v) is 5.86. The number of hydrogen-bond donors (Lipinski definition) is 0. The van der Waals surface area contributed by atoms with Gasteiger partial charge in [-0.05, 0) is 23.8 Å². The number of ketones is 1. The molecule has 0 radical (unpaired) electrons. The first-order valence-corrected chi connectivity index (χ1v) is 10.4. The van der Waals surface area contributed by atoms with Gasteiger partial charge in [-0.3, -0.25) is 4.79 Å². The zero-order valence-electron chi connectivity index (χ0n) is 15.8. The number of carbonyl (C=O) groups is 1. The minimum Gasteiger partial charge on any atom is -0.431 e. The molecule has 0 unspecified atom stereocenters. The number of hydrogen-bond acceptors (Lipinski definition) is 4. The molecule has 0 aliphatic heterocycles. The summed E-state index contributed by atoms with van der Waals surface area (Å²) in [6.45, 7) is 0. The fraction of sp³-hybridized carbons (Fsp3) is 0.0833. The highest BCUT2D eigenvalue weighted by atomic mass is 32.2. The summed E-state index contributed by atoms with van der Waals surface area (Å²) in [7, 11) is 2.01. The van der Waals surface area contributed by atoms with Gasteiger partial charge >= 0.3 is 0 Å². The van der Waals surface area contributed by atoms with E-state index in [1.165, 1.54) is 11.8 Å². The molecule has 0 aliphatic carbocycles. The number of para-hydroxylation sites is 3. The Kier molecular flexibility index (Phi) is 4.45. The molecule has 0 amide bonds. The average Bonchev–Trinajstić information content (AvgIpc) is 3.31. The van der Waals surface area contributed by atoms with Gasteiger partial charge in [0.25, 0.3) is 5.22 Å². The lowest BCUT2D eigenvalue weighted by atomic mass is 10.0. The average molecular weight is 398 g/mol. The monoisotopic (exact) mass is 398 g/mol. The summed E-state index contributed by atoms with van der Waals surface area (Å²) in [6.07, 6.45) is 0. The van der Waals surface area contributed by atoms with Crippen molar-refractivity contribution in [1.29, 1.82) is 0 Å². The van der Waals surface area contributed by atoms with Gasteiger partial charge in [0, 0.05) is 18.0 Å². The highest BCUT2D eigenvalue weighted by Gasteiger charge is 2.22. The van der Waals surface area contributed by atoms with Crippen LogP contribution in [-0.4, -0.2) is 21.1 Å². The minimum absolute atomic E-state index is 0.0629. The number of oxazole rings is 1. The molecular formula is C24H18N2O2S. The summed E-state index contributed by atoms with van der Waals surface area (Å²) in [4.78, 5) is 17.8. The molecule has 29 heavy (non-hydrogen) atoms. The second kappa shape index (κ2) is 7.26. The minimum atomic E-state index is 0.0629. The molecule has 5 aromatic rings. The molecule has 0 saturated heterocycles. The van der Waals surface area contributed by atoms with Gasteiger partial charge in [-0.1, -0.05) is 72.4 Å². The molecule has 5 heteroatoms. The Morgan fingerprint density at radius 3 is 2.52 bits per heavy atom. The van der Waals surface area contributed by atoms with Crippen molar-refractivity contribution in [3.8, 4) is 11.3 Å². The topological polar surface area (TPSA) is 48.0 Å². The molecular weight excluding hydrogens is 380 g/mol. The summed E-state index contributed by atoms with van der Waals surface area (Å²) in [5, 5.41) is 1.48. The maximum absolute atomic E-state index is 13.4. The Bertz CT molecular complexity index is 1300. The predicted octanol–water partition coefficient (Wildman–Crippen LogP) is 5.96. The Balaban J connectivity index is 1.54. The van der Waals surface area contributed by atoms with Crippen LogP contribution in [-0.2, 0) is 7.05 Å². The summed E-state index contributed by atoms with van der Waals surface area (Å²) in [6, 6.07) is 25.7. The lowest BCUT2D eigenvalue weighted by Gasteiger charge is -2.07. The van der Waals surface area contributed by atoms with Crippen LogP contribution in [0, 0.1) is 0 Å². The van der Waals surface area contributed by atoms with E-state index in [2.05, 4.69) is 9.55 Å². The van der Waals surface area contributed by atoms with Crippen LogP contribution >= 0.6 is 11.8 Å². The fourth-order valence-electron chi connectivity index (χ4n) is 3.72. The smallest absolute Gasteiger partial charge is 0.257 e. The first kappa shape index (κ1) is 17.8. The van der Waals surface area contributed by atoms with Crippen LogP contribution in [0.3, 0.4) is 0 Å². The second-order valence-electron chi connectivity index (χ2n) is 6.83. The third kappa shape index (κ3) is 3.13. The molecule has 4 nitrogen and oxygen atoms in total. The van der Waals surface area contributed by atoms with Crippen molar-refractivity contribution in [1.82, 2.24) is 9.55 Å². The molecule has 2 heterocycles. The van der Waals surface area contributed by atoms with E-state index in [0.29, 0.717) is 5.22 Å². The third-order valence-electron chi connectivity index (χ3n) is 5.03. The van der Waals surface area contributed by atoms with Gasteiger partial charge in [0.15, 0.2) is 11.4 Å². The predicted molar refractivity (Wildman–Crippen MR) is 117 cm³/mol. The second-order valence-corrected chi connectivity index (χ2v) is 7.75. The molecule has 0 atom stereocenters. The molecule has 0 N–H and O–H groups in total. The van der Waals surface area contributed by atoms with Crippen LogP contribution in [0.15, 0.2) is 88.5 Å². The Morgan fingerprint density at radius 1 is 0.966 bits per heavy atom. The number of rotatable bonds is 5. The van der Waals surface area contributed by atoms with E-state index in [1.54, 1.807) is 0 Å². The van der Waals surface area contributed by atoms with Gasteiger partial charge in [-0.25, -0.2) is 4.98 Å². The quantitative estimate of drug-likeness (QED) is 0.271. The summed E-state index contributed by atoms with van der Waals surface area (Å²) in [5.74, 6) is 0.327. The van der Waals surface area contributed by atoms with Crippen molar-refractivity contribution in [3.05, 3.63) is 84.4 Å². The molecule has 5 rings (SSSR count). The summed E-state index contributed by atoms with van der Waals surface area (Å²) >= 11 is 1.33. The Morgan fingerprint density at radius 2 is 1.69 bits per heavy atom. The zero-order valence-corrected chi connectivity index (χ0v) is 16.6. The molecule has 142 valence electrons. The van der Waals surface area contributed by atoms with Crippen molar-refractivity contribution >= 4 is 39.5 Å². The molecule has 0 spiro atoms. The Labute approximate surface area is 172 Å². The van der Waals surface area contributed by atoms with Gasteiger partial charge in [0.05, 0.1) is 17.0 Å². The van der Waals surface area contributed by atoms with Crippen LogP contribution in [0.2, 0.25) is 0 Å². The van der Waals surface area contributed by atoms with Gasteiger partial charge in [-0.2, -0.15) is 0 Å². The zero-order chi connectivity index (χ0) is 19.8. The first-order valence-electron chi connectivity index (χ1n) is 9.37. The number of thioether (sulfide) groups is 1. The highest BCUT2D eigenvalue weighted by Crippen LogP contribution is 2.34. The molecule has 0 fully saturated rings. The fourth-order valence-corrected chi connectivity index (χ4v) is 4.43. The van der Waals surface area contributed by atoms with E-state index < -0.39 is 0 Å². The van der Waals surface area contributed by atoms with Crippen LogP contribution in [0.1, 0.15) is 10.4 Å². The molecule has 2 aromatic heterocycles. The number of benzene rings is 3. The number of nitrogens with zero attached hydrogens (tertiary/aromatic N) is 2. The number of carbonyl (C=O) groups excluding carboxylic acids is 1. The first-order chi connectivity index (χ1) is 14.2. The molecule has 3 aromatic carbocycles. The van der Waals surface area contributed by atoms with Crippen molar-refractivity contribution in [2.24, 2.45) is 7.05 Å². The largest absolute Gasteiger partial charge is 0.431 e. The molecule has 0 aliphatic rings. The van der Waals surface area contributed by atoms with E-state index >= 15 is 0 Å². The van der Waals surface area contributed by atoms with E-state index in [4.69, 9.17) is 4.42 Å². The van der Waals surface area contributed by atoms with E-state index in [0.717, 1.165) is 38.8 Å². The number of aromatic nitrogens is 2. The lowest BCUT2D eigenvalue weighted by molar-refractivity contribution is 0.102. The van der Waals surface area contributed by atoms with E-state index in [9.17, 15) is 4.79 Å². The molecule has 0 bridgehead atoms. The van der Waals surface area contributed by atoms with Crippen LogP contribution in [0.25, 0.3) is 33.3 Å². The number of Topliss-reactive ketones (excluding diaryl/α,β-unsaturated/α-hetero) is 1. The van der Waals surface area contributed by atoms with Crippen LogP contribution in [0.5, 0.6) is 0 Å². The maximum Gasteiger partial charge on any atom is 0.257 e. The van der Waals surface area contributed by atoms with Crippen molar-refractivity contribution in [2.45, 2.75) is 5.22 Å². The standard InChI is InChI=1S/C24H18N2O2S/c1-26-19-13-7-5-11-17(19)22(23(26)16-9-3-2-4-10-16)20(27)15-29-24-25-18-12-6-8-14-21(18)28-24/h2-14H,15H2,1H3. The highest BCUT2D eigenvalue weighted by molar-refractivity contribution is 7.99. The van der Waals surface area contributed by atoms with Gasteiger partial charge in [0.2, 0.25) is 0 Å². The summed E-state index contributed by atoms with van der Waals surface area (Å²) < 4.78 is 7.86. The van der Waals surface area contributed by atoms with Crippen molar-refractivity contribution in [2.75, 3.05) is 5.75 Å².